The molecule has 0 fully saturated rings. The first kappa shape index (κ1) is 27.5. The summed E-state index contributed by atoms with van der Waals surface area (Å²) in [4.78, 5) is 42.5. The second-order valence-electron chi connectivity index (χ2n) is 7.93. The maximum absolute atomic E-state index is 13.4. The van der Waals surface area contributed by atoms with E-state index in [1.807, 2.05) is 55.6 Å². The van der Waals surface area contributed by atoms with Crippen molar-refractivity contribution in [2.45, 2.75) is 53.1 Å². The van der Waals surface area contributed by atoms with Gasteiger partial charge in [0, 0.05) is 37.6 Å². The minimum Gasteiger partial charge on any atom is -0.466 e. The van der Waals surface area contributed by atoms with Crippen molar-refractivity contribution in [1.29, 1.82) is 0 Å². The van der Waals surface area contributed by atoms with Crippen molar-refractivity contribution in [3.8, 4) is 0 Å². The Morgan fingerprint density at radius 2 is 1.68 bits per heavy atom. The van der Waals surface area contributed by atoms with Crippen molar-refractivity contribution >= 4 is 29.1 Å². The van der Waals surface area contributed by atoms with Crippen molar-refractivity contribution < 1.29 is 23.9 Å². The van der Waals surface area contributed by atoms with Crippen molar-refractivity contribution in [2.24, 2.45) is 0 Å². The molecule has 1 heterocycles. The molecule has 2 amide bonds. The number of thiophene rings is 1. The maximum atomic E-state index is 13.4. The molecule has 1 aromatic heterocycles. The Bertz CT molecular complexity index is 900. The third-order valence-corrected chi connectivity index (χ3v) is 6.33. The first-order valence-electron chi connectivity index (χ1n) is 11.8. The van der Waals surface area contributed by atoms with E-state index in [0.29, 0.717) is 39.3 Å². The van der Waals surface area contributed by atoms with Crippen molar-refractivity contribution in [3.63, 3.8) is 0 Å². The lowest BCUT2D eigenvalue weighted by molar-refractivity contribution is -0.146. The molecular weight excluding hydrogens is 452 g/mol. The summed E-state index contributed by atoms with van der Waals surface area (Å²) in [6.07, 6.45) is 0.642. The van der Waals surface area contributed by atoms with Crippen LogP contribution in [0.15, 0.2) is 41.8 Å². The number of carbonyl (C=O) groups excluding carboxylic acids is 3. The number of rotatable bonds is 15. The lowest BCUT2D eigenvalue weighted by Crippen LogP contribution is -2.43. The van der Waals surface area contributed by atoms with E-state index in [1.165, 1.54) is 0 Å². The molecule has 0 N–H and O–H groups in total. The van der Waals surface area contributed by atoms with Crippen LogP contribution in [0, 0.1) is 6.92 Å². The number of amides is 2. The highest BCUT2D eigenvalue weighted by Gasteiger charge is 2.23. The molecule has 0 radical (unpaired) electrons. The van der Waals surface area contributed by atoms with Gasteiger partial charge >= 0.3 is 5.97 Å². The average Bonchev–Trinajstić information content (AvgIpc) is 3.24. The molecule has 2 aromatic rings. The zero-order valence-corrected chi connectivity index (χ0v) is 21.3. The Morgan fingerprint density at radius 1 is 0.912 bits per heavy atom. The smallest absolute Gasteiger partial charge is 0.306 e. The molecule has 0 aliphatic carbocycles. The summed E-state index contributed by atoms with van der Waals surface area (Å²) >= 11 is 1.62. The van der Waals surface area contributed by atoms with E-state index in [4.69, 9.17) is 9.47 Å². The fourth-order valence-corrected chi connectivity index (χ4v) is 4.35. The molecule has 0 bridgehead atoms. The predicted molar refractivity (Wildman–Crippen MR) is 133 cm³/mol. The number of aryl methyl sites for hydroxylation is 1. The highest BCUT2D eigenvalue weighted by Crippen LogP contribution is 2.20. The standard InChI is InChI=1S/C26H36N2O5S/c1-4-32-16-9-15-27(24(29)12-13-26(31)33-5-2)20-25(30)28(18-22-10-7-6-8-11-22)19-23-21(3)14-17-34-23/h6-8,10-11,14,17H,4-5,9,12-13,15-16,18-20H2,1-3H3. The number of benzene rings is 1. The van der Waals surface area contributed by atoms with Gasteiger partial charge in [-0.1, -0.05) is 30.3 Å². The lowest BCUT2D eigenvalue weighted by atomic mass is 10.2. The summed E-state index contributed by atoms with van der Waals surface area (Å²) in [7, 11) is 0. The van der Waals surface area contributed by atoms with Gasteiger partial charge in [-0.2, -0.15) is 0 Å². The minimum atomic E-state index is -0.407. The third-order valence-electron chi connectivity index (χ3n) is 5.32. The van der Waals surface area contributed by atoms with Gasteiger partial charge in [-0.05, 0) is 49.8 Å². The number of hydrogen-bond donors (Lipinski definition) is 0. The van der Waals surface area contributed by atoms with E-state index >= 15 is 0 Å². The van der Waals surface area contributed by atoms with Gasteiger partial charge in [0.15, 0.2) is 0 Å². The molecule has 0 saturated carbocycles. The second-order valence-corrected chi connectivity index (χ2v) is 8.93. The molecule has 34 heavy (non-hydrogen) atoms. The van der Waals surface area contributed by atoms with E-state index in [1.54, 1.807) is 28.1 Å². The van der Waals surface area contributed by atoms with Crippen LogP contribution in [-0.2, 0) is 36.9 Å². The predicted octanol–water partition coefficient (Wildman–Crippen LogP) is 4.18. The van der Waals surface area contributed by atoms with E-state index in [2.05, 4.69) is 0 Å². The number of esters is 1. The maximum Gasteiger partial charge on any atom is 0.306 e. The summed E-state index contributed by atoms with van der Waals surface area (Å²) in [5.41, 5.74) is 2.18. The largest absolute Gasteiger partial charge is 0.466 e. The third kappa shape index (κ3) is 9.65. The van der Waals surface area contributed by atoms with E-state index in [-0.39, 0.29) is 37.8 Å². The van der Waals surface area contributed by atoms with Crippen molar-refractivity contribution in [2.75, 3.05) is 32.9 Å². The van der Waals surface area contributed by atoms with Crippen LogP contribution < -0.4 is 0 Å². The Morgan fingerprint density at radius 3 is 2.32 bits per heavy atom. The van der Waals surface area contributed by atoms with Crippen LogP contribution in [0.1, 0.15) is 49.1 Å². The van der Waals surface area contributed by atoms with Gasteiger partial charge in [0.05, 0.1) is 26.1 Å². The highest BCUT2D eigenvalue weighted by atomic mass is 32.1. The molecule has 2 rings (SSSR count). The fourth-order valence-electron chi connectivity index (χ4n) is 3.43. The normalized spacial score (nSPS) is 10.7. The van der Waals surface area contributed by atoms with Gasteiger partial charge in [-0.3, -0.25) is 14.4 Å². The molecule has 186 valence electrons. The molecule has 0 aliphatic heterocycles. The summed E-state index contributed by atoms with van der Waals surface area (Å²) in [6, 6.07) is 11.9. The van der Waals surface area contributed by atoms with Gasteiger partial charge in [0.1, 0.15) is 0 Å². The van der Waals surface area contributed by atoms with Gasteiger partial charge in [-0.25, -0.2) is 0 Å². The topological polar surface area (TPSA) is 76.2 Å². The number of nitrogens with zero attached hydrogens (tertiary/aromatic N) is 2. The molecule has 0 unspecified atom stereocenters. The summed E-state index contributed by atoms with van der Waals surface area (Å²) in [5, 5.41) is 2.02. The van der Waals surface area contributed by atoms with E-state index < -0.39 is 5.97 Å². The first-order valence-corrected chi connectivity index (χ1v) is 12.7. The summed E-state index contributed by atoms with van der Waals surface area (Å²) < 4.78 is 10.3. The highest BCUT2D eigenvalue weighted by molar-refractivity contribution is 7.10. The Kier molecular flexibility index (Phi) is 12.3. The SMILES string of the molecule is CCOCCCN(CC(=O)N(Cc1ccccc1)Cc1sccc1C)C(=O)CCC(=O)OCC. The molecule has 0 atom stereocenters. The van der Waals surface area contributed by atoms with E-state index in [0.717, 1.165) is 16.0 Å². The van der Waals surface area contributed by atoms with Crippen LogP contribution in [0.5, 0.6) is 0 Å². The summed E-state index contributed by atoms with van der Waals surface area (Å²) in [5.74, 6) is -0.766. The van der Waals surface area contributed by atoms with Crippen molar-refractivity contribution in [3.05, 3.63) is 57.8 Å². The zero-order valence-electron chi connectivity index (χ0n) is 20.5. The molecular formula is C26H36N2O5S. The average molecular weight is 489 g/mol. The molecule has 7 nitrogen and oxygen atoms in total. The van der Waals surface area contributed by atoms with Gasteiger partial charge in [0.2, 0.25) is 11.8 Å². The lowest BCUT2D eigenvalue weighted by Gasteiger charge is -2.28. The van der Waals surface area contributed by atoms with Gasteiger partial charge < -0.3 is 19.3 Å². The van der Waals surface area contributed by atoms with Gasteiger partial charge in [-0.15, -0.1) is 11.3 Å². The van der Waals surface area contributed by atoms with Crippen LogP contribution in [-0.4, -0.2) is 60.5 Å². The van der Waals surface area contributed by atoms with Crippen LogP contribution in [0.4, 0.5) is 0 Å². The van der Waals surface area contributed by atoms with Crippen molar-refractivity contribution in [1.82, 2.24) is 9.80 Å². The quantitative estimate of drug-likeness (QED) is 0.278. The fraction of sp³-hybridized carbons (Fsp3) is 0.500. The number of carbonyl (C=O) groups is 3. The minimum absolute atomic E-state index is 0.00490. The zero-order chi connectivity index (χ0) is 24.8. The Hall–Kier alpha value is -2.71. The molecule has 0 saturated heterocycles. The number of ether oxygens (including phenoxy) is 2. The molecule has 8 heteroatoms. The van der Waals surface area contributed by atoms with Gasteiger partial charge in [0.25, 0.3) is 0 Å². The summed E-state index contributed by atoms with van der Waals surface area (Å²) in [6.45, 7) is 8.37. The second kappa shape index (κ2) is 15.2. The Balaban J connectivity index is 2.12. The van der Waals surface area contributed by atoms with Crippen LogP contribution in [0.25, 0.3) is 0 Å². The molecule has 0 aliphatic rings. The molecule has 1 aromatic carbocycles. The molecule has 0 spiro atoms. The van der Waals surface area contributed by atoms with E-state index in [9.17, 15) is 14.4 Å². The van der Waals surface area contributed by atoms with Crippen LogP contribution in [0.3, 0.4) is 0 Å². The monoisotopic (exact) mass is 488 g/mol. The number of hydrogen-bond acceptors (Lipinski definition) is 6. The Labute approximate surface area is 206 Å². The van der Waals surface area contributed by atoms with Crippen LogP contribution in [0.2, 0.25) is 0 Å². The first-order chi connectivity index (χ1) is 16.4. The van der Waals surface area contributed by atoms with Crippen LogP contribution >= 0.6 is 11.3 Å².